The minimum Gasteiger partial charge on any atom is -0.392 e. The Labute approximate surface area is 79.9 Å². The van der Waals surface area contributed by atoms with E-state index in [0.29, 0.717) is 18.0 Å². The zero-order chi connectivity index (χ0) is 9.42. The largest absolute Gasteiger partial charge is 0.392 e. The van der Waals surface area contributed by atoms with Gasteiger partial charge in [-0.3, -0.25) is 4.90 Å². The fourth-order valence-corrected chi connectivity index (χ4v) is 2.59. The second kappa shape index (κ2) is 3.56. The molecular formula is C10H20N2O. The van der Waals surface area contributed by atoms with Crippen LogP contribution in [0.25, 0.3) is 0 Å². The van der Waals surface area contributed by atoms with Gasteiger partial charge < -0.3 is 10.8 Å². The van der Waals surface area contributed by atoms with Gasteiger partial charge in [-0.2, -0.15) is 0 Å². The zero-order valence-electron chi connectivity index (χ0n) is 8.32. The number of piperidine rings is 1. The van der Waals surface area contributed by atoms with Crippen molar-refractivity contribution in [3.05, 3.63) is 0 Å². The average molecular weight is 184 g/mol. The van der Waals surface area contributed by atoms with Crippen LogP contribution in [-0.2, 0) is 0 Å². The van der Waals surface area contributed by atoms with Crippen molar-refractivity contribution in [2.24, 2.45) is 11.7 Å². The summed E-state index contributed by atoms with van der Waals surface area (Å²) < 4.78 is 0. The molecule has 0 spiro atoms. The summed E-state index contributed by atoms with van der Waals surface area (Å²) in [6, 6.07) is 1.08. The van der Waals surface area contributed by atoms with Crippen LogP contribution in [0.4, 0.5) is 0 Å². The first-order chi connectivity index (χ1) is 6.15. The first-order valence-corrected chi connectivity index (χ1v) is 5.33. The Morgan fingerprint density at radius 2 is 1.92 bits per heavy atom. The fourth-order valence-electron chi connectivity index (χ4n) is 2.59. The summed E-state index contributed by atoms with van der Waals surface area (Å²) in [5.41, 5.74) is 5.76. The van der Waals surface area contributed by atoms with Gasteiger partial charge in [0.1, 0.15) is 0 Å². The Kier molecular flexibility index (Phi) is 2.58. The smallest absolute Gasteiger partial charge is 0.0670 e. The summed E-state index contributed by atoms with van der Waals surface area (Å²) in [4.78, 5) is 2.42. The predicted octanol–water partition coefficient (Wildman–Crippen LogP) is 0.179. The lowest BCUT2D eigenvalue weighted by Crippen LogP contribution is -2.55. The maximum Gasteiger partial charge on any atom is 0.0670 e. The molecule has 2 aliphatic rings. The molecule has 2 fully saturated rings. The summed E-state index contributed by atoms with van der Waals surface area (Å²) in [5, 5.41) is 9.61. The van der Waals surface area contributed by atoms with Gasteiger partial charge in [-0.15, -0.1) is 0 Å². The first kappa shape index (κ1) is 9.44. The molecule has 3 N–H and O–H groups in total. The minimum atomic E-state index is -0.111. The average Bonchev–Trinajstić information content (AvgIpc) is 1.96. The number of nitrogens with zero attached hydrogens (tertiary/aromatic N) is 1. The molecule has 0 aromatic heterocycles. The van der Waals surface area contributed by atoms with E-state index in [-0.39, 0.29) is 6.10 Å². The zero-order valence-corrected chi connectivity index (χ0v) is 8.32. The van der Waals surface area contributed by atoms with Gasteiger partial charge in [0.05, 0.1) is 6.10 Å². The summed E-state index contributed by atoms with van der Waals surface area (Å²) in [7, 11) is 0. The lowest BCUT2D eigenvalue weighted by molar-refractivity contribution is -0.00292. The van der Waals surface area contributed by atoms with Gasteiger partial charge in [-0.25, -0.2) is 0 Å². The van der Waals surface area contributed by atoms with Gasteiger partial charge in [-0.1, -0.05) is 6.92 Å². The van der Waals surface area contributed by atoms with Gasteiger partial charge in [0.15, 0.2) is 0 Å². The molecule has 2 unspecified atom stereocenters. The van der Waals surface area contributed by atoms with Crippen molar-refractivity contribution >= 4 is 0 Å². The van der Waals surface area contributed by atoms with Crippen LogP contribution >= 0.6 is 0 Å². The summed E-state index contributed by atoms with van der Waals surface area (Å²) >= 11 is 0. The second-order valence-corrected chi connectivity index (χ2v) is 4.83. The van der Waals surface area contributed by atoms with Crippen LogP contribution in [0, 0.1) is 5.92 Å². The summed E-state index contributed by atoms with van der Waals surface area (Å²) in [6.07, 6.45) is 3.11. The number of likely N-dealkylation sites (tertiary alicyclic amines) is 1. The molecule has 3 heteroatoms. The third kappa shape index (κ3) is 2.03. The molecule has 13 heavy (non-hydrogen) atoms. The van der Waals surface area contributed by atoms with E-state index >= 15 is 0 Å². The molecule has 2 atom stereocenters. The molecule has 1 aliphatic heterocycles. The van der Waals surface area contributed by atoms with E-state index in [4.69, 9.17) is 5.73 Å². The summed E-state index contributed by atoms with van der Waals surface area (Å²) in [6.45, 7) is 4.23. The fraction of sp³-hybridized carbons (Fsp3) is 1.00. The molecule has 3 nitrogen and oxygen atoms in total. The van der Waals surface area contributed by atoms with E-state index in [2.05, 4.69) is 11.8 Å². The number of rotatable bonds is 1. The van der Waals surface area contributed by atoms with Crippen molar-refractivity contribution < 1.29 is 5.11 Å². The molecule has 0 bridgehead atoms. The van der Waals surface area contributed by atoms with Crippen LogP contribution in [0.5, 0.6) is 0 Å². The van der Waals surface area contributed by atoms with Gasteiger partial charge in [0.25, 0.3) is 0 Å². The Morgan fingerprint density at radius 1 is 1.23 bits per heavy atom. The molecule has 0 aromatic carbocycles. The van der Waals surface area contributed by atoms with Gasteiger partial charge >= 0.3 is 0 Å². The number of aliphatic hydroxyl groups is 1. The van der Waals surface area contributed by atoms with Gasteiger partial charge in [0, 0.05) is 25.2 Å². The molecule has 2 rings (SSSR count). The SMILES string of the molecule is CC1CC(O)CN(C2CC(N)C2)C1. The van der Waals surface area contributed by atoms with E-state index in [1.54, 1.807) is 0 Å². The van der Waals surface area contributed by atoms with Crippen molar-refractivity contribution in [2.75, 3.05) is 13.1 Å². The highest BCUT2D eigenvalue weighted by atomic mass is 16.3. The number of hydrogen-bond acceptors (Lipinski definition) is 3. The van der Waals surface area contributed by atoms with Gasteiger partial charge in [0.2, 0.25) is 0 Å². The predicted molar refractivity (Wildman–Crippen MR) is 52.4 cm³/mol. The molecule has 1 aliphatic carbocycles. The molecule has 1 heterocycles. The maximum atomic E-state index is 9.61. The molecule has 1 saturated carbocycles. The molecule has 76 valence electrons. The Morgan fingerprint density at radius 3 is 2.46 bits per heavy atom. The van der Waals surface area contributed by atoms with Crippen LogP contribution in [0.2, 0.25) is 0 Å². The second-order valence-electron chi connectivity index (χ2n) is 4.83. The van der Waals surface area contributed by atoms with Crippen molar-refractivity contribution in [1.29, 1.82) is 0 Å². The molecule has 1 saturated heterocycles. The number of β-amino-alcohol motifs (C(OH)–C–C–N with tert-alkyl or cyclic N) is 1. The standard InChI is InChI=1S/C10H20N2O/c1-7-2-10(13)6-12(5-7)9-3-8(11)4-9/h7-10,13H,2-6,11H2,1H3. The maximum absolute atomic E-state index is 9.61. The molecule has 0 radical (unpaired) electrons. The first-order valence-electron chi connectivity index (χ1n) is 5.33. The van der Waals surface area contributed by atoms with Crippen LogP contribution < -0.4 is 5.73 Å². The van der Waals surface area contributed by atoms with E-state index < -0.39 is 0 Å². The highest BCUT2D eigenvalue weighted by Crippen LogP contribution is 2.28. The third-order valence-electron chi connectivity index (χ3n) is 3.33. The monoisotopic (exact) mass is 184 g/mol. The van der Waals surface area contributed by atoms with Crippen LogP contribution in [0.3, 0.4) is 0 Å². The highest BCUT2D eigenvalue weighted by molar-refractivity contribution is 4.92. The van der Waals surface area contributed by atoms with E-state index in [1.807, 2.05) is 0 Å². The Bertz CT molecular complexity index is 170. The van der Waals surface area contributed by atoms with Crippen molar-refractivity contribution in [3.63, 3.8) is 0 Å². The molecule has 0 amide bonds. The minimum absolute atomic E-state index is 0.111. The van der Waals surface area contributed by atoms with Gasteiger partial charge in [-0.05, 0) is 25.2 Å². The van der Waals surface area contributed by atoms with Crippen LogP contribution in [-0.4, -0.2) is 41.3 Å². The summed E-state index contributed by atoms with van der Waals surface area (Å²) in [5.74, 6) is 0.639. The van der Waals surface area contributed by atoms with Crippen molar-refractivity contribution in [3.8, 4) is 0 Å². The third-order valence-corrected chi connectivity index (χ3v) is 3.33. The Balaban J connectivity index is 1.85. The Hall–Kier alpha value is -0.120. The van der Waals surface area contributed by atoms with E-state index in [9.17, 15) is 5.11 Å². The molecule has 0 aromatic rings. The van der Waals surface area contributed by atoms with Crippen LogP contribution in [0.15, 0.2) is 0 Å². The van der Waals surface area contributed by atoms with Crippen molar-refractivity contribution in [1.82, 2.24) is 4.90 Å². The lowest BCUT2D eigenvalue weighted by Gasteiger charge is -2.45. The van der Waals surface area contributed by atoms with E-state index in [1.165, 1.54) is 0 Å². The number of nitrogens with two attached hydrogens (primary N) is 1. The quantitative estimate of drug-likeness (QED) is 0.611. The van der Waals surface area contributed by atoms with Crippen molar-refractivity contribution in [2.45, 2.75) is 44.4 Å². The molecular weight excluding hydrogens is 164 g/mol. The topological polar surface area (TPSA) is 49.5 Å². The van der Waals surface area contributed by atoms with Crippen LogP contribution in [0.1, 0.15) is 26.2 Å². The lowest BCUT2D eigenvalue weighted by atomic mass is 9.84. The normalized spacial score (nSPS) is 47.3. The number of aliphatic hydroxyl groups excluding tert-OH is 1. The highest BCUT2D eigenvalue weighted by Gasteiger charge is 2.35. The van der Waals surface area contributed by atoms with E-state index in [0.717, 1.165) is 32.4 Å². The number of hydrogen-bond donors (Lipinski definition) is 2.